The molecule has 0 aromatic heterocycles. The van der Waals surface area contributed by atoms with Crippen LogP contribution in [0, 0.1) is 5.82 Å². The largest absolute Gasteiger partial charge is 0.490 e. The molecule has 0 spiro atoms. The van der Waals surface area contributed by atoms with Gasteiger partial charge in [0.1, 0.15) is 17.7 Å². The van der Waals surface area contributed by atoms with Gasteiger partial charge in [-0.1, -0.05) is 6.07 Å². The van der Waals surface area contributed by atoms with Crippen molar-refractivity contribution in [3.8, 4) is 5.75 Å². The average Bonchev–Trinajstić information content (AvgIpc) is 2.88. The van der Waals surface area contributed by atoms with Gasteiger partial charge < -0.3 is 19.7 Å². The standard InChI is InChI=1S/C25H32FN3O6S/c1-34-24(30)18-2-3-19(23(26)16-18)17-29(25(31)28-12-14-36(32,33)15-13-28)20-4-6-21(7-5-20)35-22-8-10-27-11-9-22/h2-7,16,22,27,32-33H,8-15,17H2,1H3. The lowest BCUT2D eigenvalue weighted by Crippen LogP contribution is -2.48. The van der Waals surface area contributed by atoms with E-state index in [-0.39, 0.29) is 54.4 Å². The van der Waals surface area contributed by atoms with Gasteiger partial charge in [-0.05, 0) is 62.3 Å². The minimum atomic E-state index is -2.68. The summed E-state index contributed by atoms with van der Waals surface area (Å²) >= 11 is 0. The monoisotopic (exact) mass is 521 g/mol. The smallest absolute Gasteiger partial charge is 0.337 e. The summed E-state index contributed by atoms with van der Waals surface area (Å²) in [5.41, 5.74) is 0.857. The summed E-state index contributed by atoms with van der Waals surface area (Å²) in [5.74, 6) is -0.367. The molecule has 0 atom stereocenters. The fraction of sp³-hybridized carbons (Fsp3) is 0.440. The minimum Gasteiger partial charge on any atom is -0.490 e. The molecule has 0 radical (unpaired) electrons. The second-order valence-electron chi connectivity index (χ2n) is 8.93. The zero-order valence-electron chi connectivity index (χ0n) is 20.2. The molecule has 2 aliphatic rings. The molecule has 36 heavy (non-hydrogen) atoms. The van der Waals surface area contributed by atoms with Crippen molar-refractivity contribution in [2.24, 2.45) is 0 Å². The Morgan fingerprint density at radius 1 is 1.11 bits per heavy atom. The predicted molar refractivity (Wildman–Crippen MR) is 136 cm³/mol. The first-order chi connectivity index (χ1) is 17.3. The first kappa shape index (κ1) is 26.2. The third kappa shape index (κ3) is 6.47. The van der Waals surface area contributed by atoms with Crippen LogP contribution in [0.1, 0.15) is 28.8 Å². The molecule has 0 bridgehead atoms. The Balaban J connectivity index is 1.56. The molecule has 2 aromatic rings. The van der Waals surface area contributed by atoms with Gasteiger partial charge in [-0.25, -0.2) is 14.0 Å². The Hall–Kier alpha value is -2.86. The number of hydrogen-bond acceptors (Lipinski definition) is 7. The van der Waals surface area contributed by atoms with Crippen LogP contribution in [0.5, 0.6) is 5.75 Å². The Morgan fingerprint density at radius 2 is 1.78 bits per heavy atom. The van der Waals surface area contributed by atoms with Gasteiger partial charge in [0.15, 0.2) is 0 Å². The molecule has 0 aliphatic carbocycles. The molecule has 3 N–H and O–H groups in total. The Labute approximate surface area is 211 Å². The van der Waals surface area contributed by atoms with E-state index in [4.69, 9.17) is 4.74 Å². The maximum atomic E-state index is 14.9. The number of amides is 2. The number of nitrogens with zero attached hydrogens (tertiary/aromatic N) is 2. The van der Waals surface area contributed by atoms with Crippen LogP contribution in [0.15, 0.2) is 42.5 Å². The van der Waals surface area contributed by atoms with Crippen molar-refractivity contribution in [2.75, 3.05) is 49.7 Å². The van der Waals surface area contributed by atoms with Crippen molar-refractivity contribution in [3.05, 3.63) is 59.4 Å². The summed E-state index contributed by atoms with van der Waals surface area (Å²) in [6.07, 6.45) is 1.97. The van der Waals surface area contributed by atoms with E-state index in [9.17, 15) is 23.1 Å². The average molecular weight is 522 g/mol. The summed E-state index contributed by atoms with van der Waals surface area (Å²) in [4.78, 5) is 28.2. The number of piperidine rings is 1. The molecule has 0 unspecified atom stereocenters. The number of benzene rings is 2. The van der Waals surface area contributed by atoms with E-state index < -0.39 is 22.4 Å². The van der Waals surface area contributed by atoms with Crippen molar-refractivity contribution in [1.82, 2.24) is 10.2 Å². The number of carbonyl (C=O) groups excluding carboxylic acids is 2. The van der Waals surface area contributed by atoms with Gasteiger partial charge in [-0.2, -0.15) is 10.6 Å². The Bertz CT molecular complexity index is 1070. The number of carbonyl (C=O) groups is 2. The van der Waals surface area contributed by atoms with Gasteiger partial charge in [0.25, 0.3) is 0 Å². The highest BCUT2D eigenvalue weighted by Gasteiger charge is 2.30. The van der Waals surface area contributed by atoms with Crippen LogP contribution in [0.4, 0.5) is 14.9 Å². The van der Waals surface area contributed by atoms with E-state index in [0.717, 1.165) is 32.0 Å². The van der Waals surface area contributed by atoms with E-state index in [1.807, 2.05) is 0 Å². The van der Waals surface area contributed by atoms with Crippen molar-refractivity contribution >= 4 is 28.3 Å². The molecule has 11 heteroatoms. The van der Waals surface area contributed by atoms with Crippen LogP contribution < -0.4 is 15.0 Å². The number of hydrogen-bond donors (Lipinski definition) is 3. The van der Waals surface area contributed by atoms with Crippen molar-refractivity contribution in [1.29, 1.82) is 0 Å². The SMILES string of the molecule is COC(=O)c1ccc(CN(C(=O)N2CCS(O)(O)CC2)c2ccc(OC3CCNCC3)cc2)c(F)c1. The van der Waals surface area contributed by atoms with E-state index in [2.05, 4.69) is 10.1 Å². The number of nitrogens with one attached hydrogen (secondary N) is 1. The second kappa shape index (κ2) is 11.5. The molecule has 2 amide bonds. The maximum Gasteiger partial charge on any atom is 0.337 e. The van der Waals surface area contributed by atoms with Crippen molar-refractivity contribution in [3.63, 3.8) is 0 Å². The van der Waals surface area contributed by atoms with Crippen LogP contribution in [-0.2, 0) is 11.3 Å². The lowest BCUT2D eigenvalue weighted by molar-refractivity contribution is 0.0600. The highest BCUT2D eigenvalue weighted by molar-refractivity contribution is 8.24. The number of anilines is 1. The number of halogens is 1. The third-order valence-corrected chi connectivity index (χ3v) is 8.09. The third-order valence-electron chi connectivity index (χ3n) is 6.42. The number of ether oxygens (including phenoxy) is 2. The van der Waals surface area contributed by atoms with E-state index in [1.165, 1.54) is 29.0 Å². The molecule has 2 fully saturated rings. The molecule has 4 rings (SSSR count). The fourth-order valence-corrected chi connectivity index (χ4v) is 5.49. The summed E-state index contributed by atoms with van der Waals surface area (Å²) in [6.45, 7) is 2.13. The van der Waals surface area contributed by atoms with Crippen LogP contribution in [0.25, 0.3) is 0 Å². The highest BCUT2D eigenvalue weighted by atomic mass is 32.3. The summed E-state index contributed by atoms with van der Waals surface area (Å²) < 4.78 is 45.5. The first-order valence-corrected chi connectivity index (χ1v) is 13.8. The van der Waals surface area contributed by atoms with E-state index >= 15 is 0 Å². The van der Waals surface area contributed by atoms with E-state index in [0.29, 0.717) is 11.4 Å². The number of esters is 1. The minimum absolute atomic E-state index is 0.0760. The van der Waals surface area contributed by atoms with Gasteiger partial charge in [0, 0.05) is 24.3 Å². The van der Waals surface area contributed by atoms with Crippen LogP contribution >= 0.6 is 10.6 Å². The topological polar surface area (TPSA) is 112 Å². The number of methoxy groups -OCH3 is 1. The number of urea groups is 1. The zero-order chi connectivity index (χ0) is 25.7. The van der Waals surface area contributed by atoms with Crippen LogP contribution in [0.2, 0.25) is 0 Å². The normalized spacial score (nSPS) is 18.8. The van der Waals surface area contributed by atoms with E-state index in [1.54, 1.807) is 24.3 Å². The summed E-state index contributed by atoms with van der Waals surface area (Å²) in [5, 5.41) is 3.30. The van der Waals surface area contributed by atoms with Gasteiger partial charge in [-0.15, -0.1) is 0 Å². The van der Waals surface area contributed by atoms with Gasteiger partial charge in [-0.3, -0.25) is 14.0 Å². The lowest BCUT2D eigenvalue weighted by atomic mass is 10.1. The first-order valence-electron chi connectivity index (χ1n) is 11.9. The lowest BCUT2D eigenvalue weighted by Gasteiger charge is -2.42. The molecule has 0 saturated carbocycles. The van der Waals surface area contributed by atoms with Crippen LogP contribution in [0.3, 0.4) is 0 Å². The van der Waals surface area contributed by atoms with Crippen LogP contribution in [-0.4, -0.2) is 76.9 Å². The molecule has 2 aromatic carbocycles. The molecule has 2 aliphatic heterocycles. The Kier molecular flexibility index (Phi) is 8.35. The van der Waals surface area contributed by atoms with Gasteiger partial charge in [0.05, 0.1) is 30.7 Å². The van der Waals surface area contributed by atoms with Crippen molar-refractivity contribution < 1.29 is 32.6 Å². The summed E-state index contributed by atoms with van der Waals surface area (Å²) in [6, 6.07) is 10.7. The number of rotatable bonds is 6. The molecule has 2 saturated heterocycles. The van der Waals surface area contributed by atoms with Gasteiger partial charge in [0.2, 0.25) is 0 Å². The maximum absolute atomic E-state index is 14.9. The van der Waals surface area contributed by atoms with Crippen molar-refractivity contribution in [2.45, 2.75) is 25.5 Å². The molecule has 2 heterocycles. The fourth-order valence-electron chi connectivity index (χ4n) is 4.26. The summed E-state index contributed by atoms with van der Waals surface area (Å²) in [7, 11) is -1.45. The molecular weight excluding hydrogens is 489 g/mol. The molecule has 9 nitrogen and oxygen atoms in total. The zero-order valence-corrected chi connectivity index (χ0v) is 21.0. The molecule has 196 valence electrons. The Morgan fingerprint density at radius 3 is 2.39 bits per heavy atom. The second-order valence-corrected chi connectivity index (χ2v) is 11.3. The highest BCUT2D eigenvalue weighted by Crippen LogP contribution is 2.40. The van der Waals surface area contributed by atoms with Gasteiger partial charge >= 0.3 is 12.0 Å². The predicted octanol–water partition coefficient (Wildman–Crippen LogP) is 3.94. The quantitative estimate of drug-likeness (QED) is 0.494. The molecular formula is C25H32FN3O6S.